The third-order valence-corrected chi connectivity index (χ3v) is 6.16. The van der Waals surface area contributed by atoms with Crippen molar-refractivity contribution in [3.05, 3.63) is 81.1 Å². The minimum atomic E-state index is -0.231. The van der Waals surface area contributed by atoms with Gasteiger partial charge in [0.2, 0.25) is 0 Å². The smallest absolute Gasteiger partial charge is 0.267 e. The standard InChI is InChI=1S/C23H22N4O2S2/c1-15(2)13-24-20-17(21(28)26-11-7-6-10-19(26)25-20)12-18-22(29)27(23(30)31-18)14-16-8-4-3-5-9-16/h3-12,15,24H,13-14H2,1-2H3. The van der Waals surface area contributed by atoms with Gasteiger partial charge in [-0.2, -0.15) is 0 Å². The second-order valence-electron chi connectivity index (χ2n) is 7.64. The van der Waals surface area contributed by atoms with Crippen LogP contribution in [-0.2, 0) is 11.3 Å². The molecule has 0 spiro atoms. The number of rotatable bonds is 6. The molecule has 0 atom stereocenters. The van der Waals surface area contributed by atoms with Gasteiger partial charge in [0.15, 0.2) is 0 Å². The highest BCUT2D eigenvalue weighted by Gasteiger charge is 2.32. The molecule has 0 aliphatic carbocycles. The summed E-state index contributed by atoms with van der Waals surface area (Å²) in [5.74, 6) is 0.636. The van der Waals surface area contributed by atoms with Gasteiger partial charge in [-0.05, 0) is 29.7 Å². The highest BCUT2D eigenvalue weighted by Crippen LogP contribution is 2.34. The SMILES string of the molecule is CC(C)CNc1nc2ccccn2c(=O)c1C=C1SC(=S)N(Cc2ccccc2)C1=O. The van der Waals surface area contributed by atoms with E-state index < -0.39 is 0 Å². The molecule has 1 aliphatic rings. The number of amides is 1. The zero-order valence-electron chi connectivity index (χ0n) is 17.2. The Morgan fingerprint density at radius 1 is 1.13 bits per heavy atom. The van der Waals surface area contributed by atoms with Gasteiger partial charge in [0.25, 0.3) is 11.5 Å². The number of fused-ring (bicyclic) bond motifs is 1. The lowest BCUT2D eigenvalue weighted by Crippen LogP contribution is -2.27. The highest BCUT2D eigenvalue weighted by atomic mass is 32.2. The topological polar surface area (TPSA) is 66.7 Å². The maximum atomic E-state index is 13.2. The average Bonchev–Trinajstić information content (AvgIpc) is 3.02. The molecule has 0 radical (unpaired) electrons. The first-order valence-electron chi connectivity index (χ1n) is 9.98. The Morgan fingerprint density at radius 3 is 2.61 bits per heavy atom. The Morgan fingerprint density at radius 2 is 1.87 bits per heavy atom. The lowest BCUT2D eigenvalue weighted by molar-refractivity contribution is -0.122. The number of hydrogen-bond acceptors (Lipinski definition) is 6. The fourth-order valence-electron chi connectivity index (χ4n) is 3.20. The van der Waals surface area contributed by atoms with Crippen LogP contribution in [0.2, 0.25) is 0 Å². The predicted molar refractivity (Wildman–Crippen MR) is 130 cm³/mol. The summed E-state index contributed by atoms with van der Waals surface area (Å²) >= 11 is 6.66. The number of nitrogens with zero attached hydrogens (tertiary/aromatic N) is 3. The summed E-state index contributed by atoms with van der Waals surface area (Å²) in [4.78, 5) is 32.9. The normalized spacial score (nSPS) is 15.5. The molecule has 0 unspecified atom stereocenters. The van der Waals surface area contributed by atoms with E-state index in [0.29, 0.717) is 45.3 Å². The Kier molecular flexibility index (Phi) is 6.20. The minimum Gasteiger partial charge on any atom is -0.369 e. The maximum absolute atomic E-state index is 13.2. The van der Waals surface area contributed by atoms with E-state index in [4.69, 9.17) is 12.2 Å². The summed E-state index contributed by atoms with van der Waals surface area (Å²) in [5, 5.41) is 3.26. The van der Waals surface area contributed by atoms with E-state index in [2.05, 4.69) is 24.1 Å². The van der Waals surface area contributed by atoms with E-state index in [1.54, 1.807) is 29.3 Å². The molecule has 4 rings (SSSR count). The van der Waals surface area contributed by atoms with Crippen LogP contribution >= 0.6 is 24.0 Å². The molecule has 1 aromatic carbocycles. The van der Waals surface area contributed by atoms with Gasteiger partial charge in [0.05, 0.1) is 17.0 Å². The summed E-state index contributed by atoms with van der Waals surface area (Å²) in [5.41, 5.74) is 1.66. The summed E-state index contributed by atoms with van der Waals surface area (Å²) < 4.78 is 1.96. The third kappa shape index (κ3) is 4.55. The molecular weight excluding hydrogens is 428 g/mol. The lowest BCUT2D eigenvalue weighted by Gasteiger charge is -2.14. The van der Waals surface area contributed by atoms with Crippen molar-refractivity contribution in [3.8, 4) is 0 Å². The number of thioether (sulfide) groups is 1. The summed E-state index contributed by atoms with van der Waals surface area (Å²) in [7, 11) is 0. The van der Waals surface area contributed by atoms with Crippen LogP contribution in [0, 0.1) is 5.92 Å². The highest BCUT2D eigenvalue weighted by molar-refractivity contribution is 8.26. The van der Waals surface area contributed by atoms with Gasteiger partial charge in [-0.3, -0.25) is 18.9 Å². The maximum Gasteiger partial charge on any atom is 0.267 e. The first-order valence-corrected chi connectivity index (χ1v) is 11.2. The first-order chi connectivity index (χ1) is 14.9. The molecule has 1 aliphatic heterocycles. The number of carbonyl (C=O) groups excluding carboxylic acids is 1. The van der Waals surface area contributed by atoms with Crippen molar-refractivity contribution in [2.45, 2.75) is 20.4 Å². The largest absolute Gasteiger partial charge is 0.369 e. The van der Waals surface area contributed by atoms with Crippen molar-refractivity contribution >= 4 is 51.7 Å². The van der Waals surface area contributed by atoms with Gasteiger partial charge in [0.1, 0.15) is 15.8 Å². The van der Waals surface area contributed by atoms with Gasteiger partial charge < -0.3 is 5.32 Å². The predicted octanol–water partition coefficient (Wildman–Crippen LogP) is 4.16. The minimum absolute atomic E-state index is 0.203. The van der Waals surface area contributed by atoms with E-state index in [-0.39, 0.29) is 11.5 Å². The fraction of sp³-hybridized carbons (Fsp3) is 0.217. The van der Waals surface area contributed by atoms with Crippen LogP contribution in [0.5, 0.6) is 0 Å². The van der Waals surface area contributed by atoms with Crippen molar-refractivity contribution in [1.82, 2.24) is 14.3 Å². The van der Waals surface area contributed by atoms with Gasteiger partial charge in [-0.25, -0.2) is 4.98 Å². The third-order valence-electron chi connectivity index (χ3n) is 4.78. The molecule has 1 saturated heterocycles. The van der Waals surface area contributed by atoms with E-state index in [9.17, 15) is 9.59 Å². The van der Waals surface area contributed by atoms with Gasteiger partial charge in [-0.15, -0.1) is 0 Å². The number of anilines is 1. The van der Waals surface area contributed by atoms with Crippen LogP contribution < -0.4 is 10.9 Å². The van der Waals surface area contributed by atoms with Crippen molar-refractivity contribution in [1.29, 1.82) is 0 Å². The molecule has 2 aromatic heterocycles. The molecule has 6 nitrogen and oxygen atoms in total. The Labute approximate surface area is 190 Å². The summed E-state index contributed by atoms with van der Waals surface area (Å²) in [6, 6.07) is 15.1. The molecule has 3 aromatic rings. The second-order valence-corrected chi connectivity index (χ2v) is 9.31. The van der Waals surface area contributed by atoms with Crippen molar-refractivity contribution in [2.24, 2.45) is 5.92 Å². The zero-order valence-corrected chi connectivity index (χ0v) is 18.9. The number of carbonyl (C=O) groups is 1. The fourth-order valence-corrected chi connectivity index (χ4v) is 4.44. The number of thiocarbonyl (C=S) groups is 1. The van der Waals surface area contributed by atoms with E-state index in [0.717, 1.165) is 5.56 Å². The molecule has 1 amide bonds. The number of hydrogen-bond donors (Lipinski definition) is 1. The molecule has 31 heavy (non-hydrogen) atoms. The van der Waals surface area contributed by atoms with Crippen molar-refractivity contribution in [2.75, 3.05) is 11.9 Å². The first kappa shape index (κ1) is 21.3. The van der Waals surface area contributed by atoms with Crippen LogP contribution in [0.15, 0.2) is 64.4 Å². The number of nitrogens with one attached hydrogen (secondary N) is 1. The van der Waals surface area contributed by atoms with Gasteiger partial charge >= 0.3 is 0 Å². The van der Waals surface area contributed by atoms with Gasteiger partial charge in [0, 0.05) is 12.7 Å². The molecule has 8 heteroatoms. The number of pyridine rings is 1. The molecule has 0 saturated carbocycles. The number of benzene rings is 1. The molecule has 0 bridgehead atoms. The molecule has 1 fully saturated rings. The summed E-state index contributed by atoms with van der Waals surface area (Å²) in [6.07, 6.45) is 3.29. The van der Waals surface area contributed by atoms with Crippen molar-refractivity contribution in [3.63, 3.8) is 0 Å². The Bertz CT molecular complexity index is 1240. The van der Waals surface area contributed by atoms with E-state index in [1.807, 2.05) is 36.4 Å². The van der Waals surface area contributed by atoms with Crippen LogP contribution in [0.4, 0.5) is 5.82 Å². The van der Waals surface area contributed by atoms with Crippen LogP contribution in [-0.4, -0.2) is 31.1 Å². The molecule has 3 heterocycles. The Hall–Kier alpha value is -2.97. The number of aromatic nitrogens is 2. The Balaban J connectivity index is 1.73. The zero-order chi connectivity index (χ0) is 22.0. The quantitative estimate of drug-likeness (QED) is 0.449. The van der Waals surface area contributed by atoms with Crippen molar-refractivity contribution < 1.29 is 4.79 Å². The lowest BCUT2D eigenvalue weighted by atomic mass is 10.2. The monoisotopic (exact) mass is 450 g/mol. The molecular formula is C23H22N4O2S2. The van der Waals surface area contributed by atoms with Crippen LogP contribution in [0.25, 0.3) is 11.7 Å². The van der Waals surface area contributed by atoms with Gasteiger partial charge in [-0.1, -0.05) is 74.2 Å². The van der Waals surface area contributed by atoms with E-state index >= 15 is 0 Å². The van der Waals surface area contributed by atoms with Crippen LogP contribution in [0.1, 0.15) is 25.0 Å². The molecule has 1 N–H and O–H groups in total. The second kappa shape index (κ2) is 9.03. The van der Waals surface area contributed by atoms with Crippen LogP contribution in [0.3, 0.4) is 0 Å². The average molecular weight is 451 g/mol. The summed E-state index contributed by atoms with van der Waals surface area (Å²) in [6.45, 7) is 5.21. The van der Waals surface area contributed by atoms with E-state index in [1.165, 1.54) is 16.2 Å². The molecule has 158 valence electrons.